The Morgan fingerprint density at radius 1 is 1.32 bits per heavy atom. The van der Waals surface area contributed by atoms with Gasteiger partial charge in [0.1, 0.15) is 5.76 Å². The molecule has 0 aliphatic heterocycles. The molecule has 1 saturated carbocycles. The standard InChI is InChI=1S/C12H15F3N2O2/c1-7(18)10(16-2)11(19)17-9-5-3-8(4-6-9)12(13,14)15/h8-9,18H,3-6H2,1H3,(H,17,19)/b10-7-. The van der Waals surface area contributed by atoms with Gasteiger partial charge < -0.3 is 10.4 Å². The van der Waals surface area contributed by atoms with Crippen LogP contribution in [0.3, 0.4) is 0 Å². The van der Waals surface area contributed by atoms with E-state index in [9.17, 15) is 18.0 Å². The highest BCUT2D eigenvalue weighted by molar-refractivity contribution is 5.95. The van der Waals surface area contributed by atoms with Crippen LogP contribution in [0.1, 0.15) is 32.6 Å². The van der Waals surface area contributed by atoms with Crippen molar-refractivity contribution in [1.82, 2.24) is 5.32 Å². The number of hydrogen-bond donors (Lipinski definition) is 2. The van der Waals surface area contributed by atoms with Crippen LogP contribution < -0.4 is 5.32 Å². The smallest absolute Gasteiger partial charge is 0.391 e. The number of halogens is 3. The Bertz CT molecular complexity index is 412. The van der Waals surface area contributed by atoms with Gasteiger partial charge in [-0.3, -0.25) is 4.79 Å². The average molecular weight is 276 g/mol. The van der Waals surface area contributed by atoms with Crippen LogP contribution in [-0.4, -0.2) is 23.2 Å². The van der Waals surface area contributed by atoms with Gasteiger partial charge in [-0.15, -0.1) is 0 Å². The van der Waals surface area contributed by atoms with Gasteiger partial charge in [0.05, 0.1) is 12.5 Å². The molecule has 1 aliphatic rings. The van der Waals surface area contributed by atoms with Crippen molar-refractivity contribution >= 4 is 5.91 Å². The zero-order chi connectivity index (χ0) is 14.6. The molecule has 0 heterocycles. The molecule has 7 heteroatoms. The van der Waals surface area contributed by atoms with Gasteiger partial charge in [0.2, 0.25) is 0 Å². The molecule has 19 heavy (non-hydrogen) atoms. The lowest BCUT2D eigenvalue weighted by molar-refractivity contribution is -0.182. The summed E-state index contributed by atoms with van der Waals surface area (Å²) in [5.74, 6) is -2.43. The van der Waals surface area contributed by atoms with Crippen LogP contribution >= 0.6 is 0 Å². The van der Waals surface area contributed by atoms with Crippen molar-refractivity contribution in [3.63, 3.8) is 0 Å². The van der Waals surface area contributed by atoms with Gasteiger partial charge >= 0.3 is 6.18 Å². The maximum absolute atomic E-state index is 12.5. The Kier molecular flexibility index (Phi) is 4.81. The molecule has 1 amide bonds. The second kappa shape index (κ2) is 5.95. The predicted octanol–water partition coefficient (Wildman–Crippen LogP) is 2.93. The highest BCUT2D eigenvalue weighted by Crippen LogP contribution is 2.37. The molecule has 1 rings (SSSR count). The monoisotopic (exact) mass is 276 g/mol. The van der Waals surface area contributed by atoms with Gasteiger partial charge in [-0.1, -0.05) is 0 Å². The number of alkyl halides is 3. The summed E-state index contributed by atoms with van der Waals surface area (Å²) in [5, 5.41) is 11.6. The molecule has 0 aromatic carbocycles. The van der Waals surface area contributed by atoms with Gasteiger partial charge in [-0.2, -0.15) is 13.2 Å². The van der Waals surface area contributed by atoms with E-state index >= 15 is 0 Å². The molecule has 0 unspecified atom stereocenters. The largest absolute Gasteiger partial charge is 0.523 e. The molecule has 1 aliphatic carbocycles. The third-order valence-electron chi connectivity index (χ3n) is 3.19. The lowest BCUT2D eigenvalue weighted by atomic mass is 9.85. The first-order valence-electron chi connectivity index (χ1n) is 5.90. The predicted molar refractivity (Wildman–Crippen MR) is 61.9 cm³/mol. The molecule has 1 fully saturated rings. The van der Waals surface area contributed by atoms with Crippen LogP contribution in [0.4, 0.5) is 13.2 Å². The van der Waals surface area contributed by atoms with Crippen molar-refractivity contribution < 1.29 is 23.1 Å². The normalized spacial score (nSPS) is 25.2. The molecule has 0 saturated heterocycles. The molecule has 4 nitrogen and oxygen atoms in total. The number of aliphatic hydroxyl groups excluding tert-OH is 1. The number of allylic oxidation sites excluding steroid dienone is 1. The minimum Gasteiger partial charge on any atom is -0.523 e. The zero-order valence-electron chi connectivity index (χ0n) is 10.4. The first-order valence-corrected chi connectivity index (χ1v) is 5.90. The van der Waals surface area contributed by atoms with E-state index in [1.807, 2.05) is 0 Å². The minimum atomic E-state index is -4.18. The summed E-state index contributed by atoms with van der Waals surface area (Å²) in [6, 6.07) is -0.373. The van der Waals surface area contributed by atoms with Gasteiger partial charge in [0.15, 0.2) is 0 Å². The van der Waals surface area contributed by atoms with Crippen molar-refractivity contribution in [2.75, 3.05) is 0 Å². The number of rotatable bonds is 2. The highest BCUT2D eigenvalue weighted by Gasteiger charge is 2.41. The second-order valence-electron chi connectivity index (χ2n) is 4.61. The van der Waals surface area contributed by atoms with Gasteiger partial charge in [-0.05, 0) is 32.6 Å². The summed E-state index contributed by atoms with van der Waals surface area (Å²) in [7, 11) is 0. The fourth-order valence-electron chi connectivity index (χ4n) is 2.11. The van der Waals surface area contributed by atoms with Crippen molar-refractivity contribution in [2.24, 2.45) is 5.92 Å². The van der Waals surface area contributed by atoms with Gasteiger partial charge in [0, 0.05) is 6.04 Å². The molecule has 0 aromatic rings. The van der Waals surface area contributed by atoms with Gasteiger partial charge in [-0.25, -0.2) is 4.85 Å². The van der Waals surface area contributed by atoms with E-state index in [0.717, 1.165) is 0 Å². The molecule has 0 aromatic heterocycles. The van der Waals surface area contributed by atoms with Crippen molar-refractivity contribution in [3.05, 3.63) is 22.9 Å². The number of aliphatic hydroxyl groups is 1. The summed E-state index contributed by atoms with van der Waals surface area (Å²) in [6.07, 6.45) is -3.77. The Labute approximate surface area is 109 Å². The van der Waals surface area contributed by atoms with E-state index in [2.05, 4.69) is 10.2 Å². The quantitative estimate of drug-likeness (QED) is 0.463. The topological polar surface area (TPSA) is 53.7 Å². The van der Waals surface area contributed by atoms with Crippen LogP contribution in [0.25, 0.3) is 4.85 Å². The van der Waals surface area contributed by atoms with Crippen molar-refractivity contribution in [2.45, 2.75) is 44.8 Å². The fraction of sp³-hybridized carbons (Fsp3) is 0.667. The number of nitrogens with one attached hydrogen (secondary N) is 1. The number of carbonyl (C=O) groups excluding carboxylic acids is 1. The Hall–Kier alpha value is -1.71. The second-order valence-corrected chi connectivity index (χ2v) is 4.61. The molecule has 106 valence electrons. The van der Waals surface area contributed by atoms with Crippen LogP contribution in [-0.2, 0) is 4.79 Å². The average Bonchev–Trinajstić information content (AvgIpc) is 2.28. The zero-order valence-corrected chi connectivity index (χ0v) is 10.4. The van der Waals surface area contributed by atoms with E-state index in [1.165, 1.54) is 6.92 Å². The molecule has 0 atom stereocenters. The Balaban J connectivity index is 2.53. The Morgan fingerprint density at radius 2 is 1.84 bits per heavy atom. The molecular weight excluding hydrogens is 261 g/mol. The summed E-state index contributed by atoms with van der Waals surface area (Å²) in [6.45, 7) is 7.97. The van der Waals surface area contributed by atoms with Crippen molar-refractivity contribution in [1.29, 1.82) is 0 Å². The number of carbonyl (C=O) groups is 1. The maximum atomic E-state index is 12.5. The Morgan fingerprint density at radius 3 is 2.21 bits per heavy atom. The molecule has 0 bridgehead atoms. The van der Waals surface area contributed by atoms with E-state index in [0.29, 0.717) is 0 Å². The first kappa shape index (κ1) is 15.3. The van der Waals surface area contributed by atoms with Crippen molar-refractivity contribution in [3.8, 4) is 0 Å². The van der Waals surface area contributed by atoms with E-state index in [1.54, 1.807) is 0 Å². The van der Waals surface area contributed by atoms with Crippen LogP contribution in [0.15, 0.2) is 11.5 Å². The third-order valence-corrected chi connectivity index (χ3v) is 3.19. The minimum absolute atomic E-state index is 0.0242. The number of nitrogens with zero attached hydrogens (tertiary/aromatic N) is 1. The summed E-state index contributed by atoms with van der Waals surface area (Å²) in [5.41, 5.74) is -0.419. The van der Waals surface area contributed by atoms with E-state index in [-0.39, 0.29) is 31.7 Å². The highest BCUT2D eigenvalue weighted by atomic mass is 19.4. The number of amides is 1. The molecule has 0 radical (unpaired) electrons. The summed E-state index contributed by atoms with van der Waals surface area (Å²) in [4.78, 5) is 14.5. The summed E-state index contributed by atoms with van der Waals surface area (Å²) >= 11 is 0. The van der Waals surface area contributed by atoms with Crippen LogP contribution in [0.5, 0.6) is 0 Å². The lowest BCUT2D eigenvalue weighted by Crippen LogP contribution is -2.40. The van der Waals surface area contributed by atoms with E-state index < -0.39 is 29.5 Å². The molecular formula is C12H15F3N2O2. The van der Waals surface area contributed by atoms with Crippen LogP contribution in [0.2, 0.25) is 0 Å². The lowest BCUT2D eigenvalue weighted by Gasteiger charge is -2.30. The first-order chi connectivity index (χ1) is 8.75. The van der Waals surface area contributed by atoms with Gasteiger partial charge in [0.25, 0.3) is 11.6 Å². The summed E-state index contributed by atoms with van der Waals surface area (Å²) < 4.78 is 37.4. The SMILES string of the molecule is [C-]#[N+]/C(C(=O)NC1CCC(C(F)(F)F)CC1)=C(/C)O. The van der Waals surface area contributed by atoms with E-state index in [4.69, 9.17) is 11.7 Å². The molecule has 2 N–H and O–H groups in total. The fourth-order valence-corrected chi connectivity index (χ4v) is 2.11. The third kappa shape index (κ3) is 4.16. The maximum Gasteiger partial charge on any atom is 0.391 e. The number of hydrogen-bond acceptors (Lipinski definition) is 2. The van der Waals surface area contributed by atoms with Crippen LogP contribution in [0, 0.1) is 12.5 Å². The molecule has 0 spiro atoms.